The molecule has 1 N–H and O–H groups in total. The first-order chi connectivity index (χ1) is 14.8. The molecule has 0 radical (unpaired) electrons. The lowest BCUT2D eigenvalue weighted by Crippen LogP contribution is -2.41. The van der Waals surface area contributed by atoms with E-state index in [1.807, 2.05) is 68.4 Å². The number of carbonyl (C=O) groups excluding carboxylic acids is 1. The van der Waals surface area contributed by atoms with E-state index in [-0.39, 0.29) is 29.9 Å². The number of nitrogens with zero attached hydrogens (tertiary/aromatic N) is 1. The fraction of sp³-hybridized carbons (Fsp3) is 0.208. The minimum atomic E-state index is -3.87. The van der Waals surface area contributed by atoms with Crippen LogP contribution in [0.4, 0.5) is 0 Å². The highest BCUT2D eigenvalue weighted by Gasteiger charge is 2.27. The number of halogens is 1. The first-order valence-corrected chi connectivity index (χ1v) is 12.1. The smallest absolute Gasteiger partial charge is 0.243 e. The number of benzene rings is 3. The molecule has 0 spiro atoms. The summed E-state index contributed by atoms with van der Waals surface area (Å²) in [5, 5.41) is 2.90. The molecular weight excluding hydrogens is 476 g/mol. The number of rotatable bonds is 8. The zero-order valence-corrected chi connectivity index (χ0v) is 19.9. The van der Waals surface area contributed by atoms with Gasteiger partial charge in [0.1, 0.15) is 0 Å². The maximum absolute atomic E-state index is 13.3. The van der Waals surface area contributed by atoms with Gasteiger partial charge in [-0.05, 0) is 49.2 Å². The van der Waals surface area contributed by atoms with Gasteiger partial charge >= 0.3 is 0 Å². The Bertz CT molecular complexity index is 1120. The molecule has 7 heteroatoms. The van der Waals surface area contributed by atoms with Crippen LogP contribution in [0.15, 0.2) is 88.2 Å². The summed E-state index contributed by atoms with van der Waals surface area (Å²) in [7, 11) is -3.87. The Labute approximate surface area is 192 Å². The van der Waals surface area contributed by atoms with Crippen molar-refractivity contribution in [3.8, 4) is 0 Å². The molecule has 0 heterocycles. The van der Waals surface area contributed by atoms with Gasteiger partial charge < -0.3 is 5.32 Å². The van der Waals surface area contributed by atoms with E-state index >= 15 is 0 Å². The predicted molar refractivity (Wildman–Crippen MR) is 126 cm³/mol. The third-order valence-corrected chi connectivity index (χ3v) is 7.26. The number of nitrogens with one attached hydrogen (secondary N) is 1. The maximum Gasteiger partial charge on any atom is 0.243 e. The molecule has 0 saturated carbocycles. The summed E-state index contributed by atoms with van der Waals surface area (Å²) in [6.07, 6.45) is 0. The van der Waals surface area contributed by atoms with Crippen molar-refractivity contribution in [1.82, 2.24) is 9.62 Å². The Morgan fingerprint density at radius 3 is 2.19 bits per heavy atom. The number of hydrogen-bond acceptors (Lipinski definition) is 3. The van der Waals surface area contributed by atoms with Crippen LogP contribution in [0.1, 0.15) is 29.7 Å². The first-order valence-electron chi connectivity index (χ1n) is 9.91. The topological polar surface area (TPSA) is 66.5 Å². The van der Waals surface area contributed by atoms with Crippen molar-refractivity contribution >= 4 is 31.9 Å². The van der Waals surface area contributed by atoms with Crippen molar-refractivity contribution in [3.63, 3.8) is 0 Å². The van der Waals surface area contributed by atoms with E-state index in [1.165, 1.54) is 16.4 Å². The summed E-state index contributed by atoms with van der Waals surface area (Å²) in [5.41, 5.74) is 2.85. The molecule has 0 aliphatic heterocycles. The van der Waals surface area contributed by atoms with Gasteiger partial charge in [0, 0.05) is 11.0 Å². The van der Waals surface area contributed by atoms with Gasteiger partial charge in [-0.2, -0.15) is 4.31 Å². The largest absolute Gasteiger partial charge is 0.348 e. The molecule has 0 saturated heterocycles. The number of aryl methyl sites for hydroxylation is 1. The quantitative estimate of drug-likeness (QED) is 0.481. The van der Waals surface area contributed by atoms with Crippen molar-refractivity contribution in [2.75, 3.05) is 6.54 Å². The SMILES string of the molecule is Cc1ccc(CN(CC(=O)N[C@@H](C)c2ccccc2)S(=O)(=O)c2ccc(Br)cc2)cc1. The van der Waals surface area contributed by atoms with Crippen molar-refractivity contribution in [2.24, 2.45) is 0 Å². The normalized spacial score (nSPS) is 12.5. The second-order valence-electron chi connectivity index (χ2n) is 7.41. The molecule has 0 fully saturated rings. The molecule has 0 aliphatic rings. The lowest BCUT2D eigenvalue weighted by atomic mass is 10.1. The number of sulfonamides is 1. The molecular formula is C24H25BrN2O3S. The van der Waals surface area contributed by atoms with E-state index in [1.54, 1.807) is 12.1 Å². The maximum atomic E-state index is 13.3. The summed E-state index contributed by atoms with van der Waals surface area (Å²) < 4.78 is 28.7. The Morgan fingerprint density at radius 1 is 0.968 bits per heavy atom. The van der Waals surface area contributed by atoms with Gasteiger partial charge in [-0.25, -0.2) is 8.42 Å². The van der Waals surface area contributed by atoms with E-state index in [2.05, 4.69) is 21.2 Å². The average molecular weight is 501 g/mol. The lowest BCUT2D eigenvalue weighted by molar-refractivity contribution is -0.122. The van der Waals surface area contributed by atoms with E-state index in [9.17, 15) is 13.2 Å². The average Bonchev–Trinajstić information content (AvgIpc) is 2.75. The zero-order chi connectivity index (χ0) is 22.4. The fourth-order valence-corrected chi connectivity index (χ4v) is 4.80. The van der Waals surface area contributed by atoms with Crippen molar-refractivity contribution in [3.05, 3.63) is 100 Å². The Balaban J connectivity index is 1.83. The van der Waals surface area contributed by atoms with Crippen LogP contribution in [-0.2, 0) is 21.4 Å². The number of carbonyl (C=O) groups is 1. The van der Waals surface area contributed by atoms with Crippen LogP contribution in [0.25, 0.3) is 0 Å². The van der Waals surface area contributed by atoms with Gasteiger partial charge in [-0.15, -0.1) is 0 Å². The molecule has 3 rings (SSSR count). The molecule has 3 aromatic rings. The summed E-state index contributed by atoms with van der Waals surface area (Å²) in [6, 6.07) is 23.4. The number of hydrogen-bond donors (Lipinski definition) is 1. The Hall–Kier alpha value is -2.48. The van der Waals surface area contributed by atoms with Gasteiger partial charge in [-0.1, -0.05) is 76.1 Å². The Morgan fingerprint density at radius 2 is 1.58 bits per heavy atom. The number of amides is 1. The highest BCUT2D eigenvalue weighted by Crippen LogP contribution is 2.21. The monoisotopic (exact) mass is 500 g/mol. The molecule has 162 valence electrons. The minimum absolute atomic E-state index is 0.103. The molecule has 0 aliphatic carbocycles. The highest BCUT2D eigenvalue weighted by molar-refractivity contribution is 9.10. The van der Waals surface area contributed by atoms with Crippen molar-refractivity contribution < 1.29 is 13.2 Å². The fourth-order valence-electron chi connectivity index (χ4n) is 3.15. The first kappa shape index (κ1) is 23.2. The van der Waals surface area contributed by atoms with Crippen LogP contribution in [-0.4, -0.2) is 25.2 Å². The van der Waals surface area contributed by atoms with Gasteiger partial charge in [0.05, 0.1) is 17.5 Å². The van der Waals surface area contributed by atoms with Crippen molar-refractivity contribution in [1.29, 1.82) is 0 Å². The van der Waals surface area contributed by atoms with E-state index in [0.717, 1.165) is 21.2 Å². The van der Waals surface area contributed by atoms with Crippen LogP contribution in [0.2, 0.25) is 0 Å². The summed E-state index contributed by atoms with van der Waals surface area (Å²) in [6.45, 7) is 3.68. The lowest BCUT2D eigenvalue weighted by Gasteiger charge is -2.23. The second kappa shape index (κ2) is 10.2. The summed E-state index contributed by atoms with van der Waals surface area (Å²) in [5.74, 6) is -0.357. The van der Waals surface area contributed by atoms with Gasteiger partial charge in [0.15, 0.2) is 0 Å². The van der Waals surface area contributed by atoms with Gasteiger partial charge in [-0.3, -0.25) is 4.79 Å². The molecule has 0 bridgehead atoms. The van der Waals surface area contributed by atoms with Crippen LogP contribution in [0, 0.1) is 6.92 Å². The predicted octanol–water partition coefficient (Wildman–Crippen LogP) is 4.83. The van der Waals surface area contributed by atoms with Gasteiger partial charge in [0.25, 0.3) is 0 Å². The molecule has 0 aromatic heterocycles. The van der Waals surface area contributed by atoms with E-state index in [0.29, 0.717) is 0 Å². The third-order valence-electron chi connectivity index (χ3n) is 4.93. The molecule has 31 heavy (non-hydrogen) atoms. The molecule has 1 atom stereocenters. The molecule has 5 nitrogen and oxygen atoms in total. The van der Waals surface area contributed by atoms with Gasteiger partial charge in [0.2, 0.25) is 15.9 Å². The van der Waals surface area contributed by atoms with Crippen LogP contribution in [0.3, 0.4) is 0 Å². The summed E-state index contributed by atoms with van der Waals surface area (Å²) in [4.78, 5) is 12.9. The minimum Gasteiger partial charge on any atom is -0.348 e. The Kier molecular flexibility index (Phi) is 7.64. The van der Waals surface area contributed by atoms with Crippen LogP contribution < -0.4 is 5.32 Å². The molecule has 0 unspecified atom stereocenters. The highest BCUT2D eigenvalue weighted by atomic mass is 79.9. The van der Waals surface area contributed by atoms with Crippen LogP contribution >= 0.6 is 15.9 Å². The molecule has 1 amide bonds. The second-order valence-corrected chi connectivity index (χ2v) is 10.3. The summed E-state index contributed by atoms with van der Waals surface area (Å²) >= 11 is 3.33. The van der Waals surface area contributed by atoms with E-state index in [4.69, 9.17) is 0 Å². The van der Waals surface area contributed by atoms with Crippen LogP contribution in [0.5, 0.6) is 0 Å². The van der Waals surface area contributed by atoms with E-state index < -0.39 is 10.0 Å². The zero-order valence-electron chi connectivity index (χ0n) is 17.5. The standard InChI is InChI=1S/C24H25BrN2O3S/c1-18-8-10-20(11-9-18)16-27(31(29,30)23-14-12-22(25)13-15-23)17-24(28)26-19(2)21-6-4-3-5-7-21/h3-15,19H,16-17H2,1-2H3,(H,26,28)/t19-/m0/s1. The third kappa shape index (κ3) is 6.26. The molecule has 3 aromatic carbocycles. The van der Waals surface area contributed by atoms with Crippen molar-refractivity contribution in [2.45, 2.75) is 31.3 Å².